The molecule has 0 amide bonds. The molecule has 0 radical (unpaired) electrons. The zero-order valence-electron chi connectivity index (χ0n) is 10.8. The number of benzene rings is 1. The summed E-state index contributed by atoms with van der Waals surface area (Å²) >= 11 is 6.33. The first-order chi connectivity index (χ1) is 8.13. The summed E-state index contributed by atoms with van der Waals surface area (Å²) in [6.45, 7) is 4.29. The molecule has 94 valence electrons. The Hall–Kier alpha value is -0.730. The number of nitrogens with one attached hydrogen (secondary N) is 1. The molecule has 2 nitrogen and oxygen atoms in total. The van der Waals surface area contributed by atoms with Gasteiger partial charge in [-0.05, 0) is 36.9 Å². The van der Waals surface area contributed by atoms with E-state index in [9.17, 15) is 0 Å². The quantitative estimate of drug-likeness (QED) is 0.866. The van der Waals surface area contributed by atoms with Gasteiger partial charge in [0.2, 0.25) is 0 Å². The van der Waals surface area contributed by atoms with Gasteiger partial charge in [0.25, 0.3) is 0 Å². The number of hydrogen-bond acceptors (Lipinski definition) is 2. The Bertz CT molecular complexity index is 392. The lowest BCUT2D eigenvalue weighted by atomic mass is 10.1. The van der Waals surface area contributed by atoms with Crippen LogP contribution in [-0.2, 0) is 6.54 Å². The number of nitrogens with zero attached hydrogens (tertiary/aromatic N) is 1. The van der Waals surface area contributed by atoms with E-state index >= 15 is 0 Å². The van der Waals surface area contributed by atoms with Gasteiger partial charge in [-0.3, -0.25) is 0 Å². The molecular formula is C14H21ClN2. The van der Waals surface area contributed by atoms with Crippen LogP contribution < -0.4 is 10.2 Å². The largest absolute Gasteiger partial charge is 0.373 e. The molecule has 1 fully saturated rings. The fraction of sp³-hybridized carbons (Fsp3) is 0.571. The van der Waals surface area contributed by atoms with Gasteiger partial charge < -0.3 is 10.2 Å². The average molecular weight is 253 g/mol. The Labute approximate surface area is 109 Å². The highest BCUT2D eigenvalue weighted by Gasteiger charge is 2.33. The van der Waals surface area contributed by atoms with Crippen LogP contribution >= 0.6 is 11.6 Å². The van der Waals surface area contributed by atoms with Gasteiger partial charge in [-0.1, -0.05) is 30.7 Å². The normalized spacial score (nSPS) is 22.6. The third-order valence-corrected chi connectivity index (χ3v) is 3.91. The van der Waals surface area contributed by atoms with E-state index in [2.05, 4.69) is 30.3 Å². The van der Waals surface area contributed by atoms with Crippen molar-refractivity contribution >= 4 is 17.3 Å². The smallest absolute Gasteiger partial charge is 0.0642 e. The molecule has 1 N–H and O–H groups in total. The van der Waals surface area contributed by atoms with Gasteiger partial charge in [0.15, 0.2) is 0 Å². The Morgan fingerprint density at radius 3 is 2.76 bits per heavy atom. The molecule has 17 heavy (non-hydrogen) atoms. The van der Waals surface area contributed by atoms with E-state index in [4.69, 9.17) is 11.6 Å². The van der Waals surface area contributed by atoms with Crippen LogP contribution in [0.4, 0.5) is 5.69 Å². The summed E-state index contributed by atoms with van der Waals surface area (Å²) in [7, 11) is 4.11. The molecule has 0 aliphatic heterocycles. The molecule has 2 unspecified atom stereocenters. The number of anilines is 1. The number of para-hydroxylation sites is 1. The average Bonchev–Trinajstić information content (AvgIpc) is 2.94. The molecule has 0 bridgehead atoms. The molecule has 3 heteroatoms. The number of hydrogen-bond donors (Lipinski definition) is 1. The maximum absolute atomic E-state index is 6.33. The van der Waals surface area contributed by atoms with Crippen molar-refractivity contribution < 1.29 is 0 Å². The summed E-state index contributed by atoms with van der Waals surface area (Å²) in [5.74, 6) is 1.73. The molecule has 1 aliphatic rings. The van der Waals surface area contributed by atoms with E-state index in [1.807, 2.05) is 19.2 Å². The maximum atomic E-state index is 6.33. The van der Waals surface area contributed by atoms with Gasteiger partial charge in [0, 0.05) is 20.1 Å². The van der Waals surface area contributed by atoms with Crippen LogP contribution in [0.2, 0.25) is 5.02 Å². The van der Waals surface area contributed by atoms with Gasteiger partial charge in [-0.15, -0.1) is 0 Å². The summed E-state index contributed by atoms with van der Waals surface area (Å²) in [4.78, 5) is 2.31. The fourth-order valence-electron chi connectivity index (χ4n) is 2.42. The summed E-state index contributed by atoms with van der Waals surface area (Å²) in [5, 5.41) is 4.05. The van der Waals surface area contributed by atoms with Crippen LogP contribution in [0.1, 0.15) is 18.9 Å². The molecule has 0 spiro atoms. The van der Waals surface area contributed by atoms with E-state index in [1.165, 1.54) is 17.7 Å². The Morgan fingerprint density at radius 1 is 1.47 bits per heavy atom. The minimum Gasteiger partial charge on any atom is -0.373 e. The third-order valence-electron chi connectivity index (χ3n) is 3.60. The lowest BCUT2D eigenvalue weighted by Gasteiger charge is -2.24. The van der Waals surface area contributed by atoms with Gasteiger partial charge >= 0.3 is 0 Å². The van der Waals surface area contributed by atoms with Crippen molar-refractivity contribution in [2.24, 2.45) is 11.8 Å². The third kappa shape index (κ3) is 2.93. The molecule has 1 aromatic rings. The predicted octanol–water partition coefficient (Wildman–Crippen LogP) is 3.15. The van der Waals surface area contributed by atoms with Crippen molar-refractivity contribution in [3.05, 3.63) is 28.8 Å². The van der Waals surface area contributed by atoms with Crippen molar-refractivity contribution in [2.75, 3.05) is 25.5 Å². The van der Waals surface area contributed by atoms with Crippen LogP contribution in [0.5, 0.6) is 0 Å². The van der Waals surface area contributed by atoms with Crippen molar-refractivity contribution in [2.45, 2.75) is 19.9 Å². The van der Waals surface area contributed by atoms with Crippen molar-refractivity contribution in [3.8, 4) is 0 Å². The minimum absolute atomic E-state index is 0.846. The van der Waals surface area contributed by atoms with Crippen LogP contribution in [0, 0.1) is 11.8 Å². The highest BCUT2D eigenvalue weighted by Crippen LogP contribution is 2.40. The molecule has 2 atom stereocenters. The summed E-state index contributed by atoms with van der Waals surface area (Å²) in [6.07, 6.45) is 1.36. The molecule has 2 rings (SSSR count). The molecule has 0 heterocycles. The summed E-state index contributed by atoms with van der Waals surface area (Å²) in [6, 6.07) is 6.14. The zero-order valence-corrected chi connectivity index (χ0v) is 11.6. The second-order valence-corrected chi connectivity index (χ2v) is 5.54. The van der Waals surface area contributed by atoms with Crippen molar-refractivity contribution in [1.82, 2.24) is 5.32 Å². The SMILES string of the molecule is CNCc1cccc(Cl)c1N(C)CC1CC1C. The zero-order chi connectivity index (χ0) is 12.4. The molecule has 1 aromatic carbocycles. The van der Waals surface area contributed by atoms with E-state index in [0.717, 1.165) is 29.9 Å². The van der Waals surface area contributed by atoms with Crippen LogP contribution in [-0.4, -0.2) is 20.6 Å². The first kappa shape index (κ1) is 12.7. The highest BCUT2D eigenvalue weighted by atomic mass is 35.5. The number of halogens is 1. The van der Waals surface area contributed by atoms with E-state index < -0.39 is 0 Å². The second-order valence-electron chi connectivity index (χ2n) is 5.13. The van der Waals surface area contributed by atoms with Crippen LogP contribution in [0.3, 0.4) is 0 Å². The Morgan fingerprint density at radius 2 is 2.18 bits per heavy atom. The van der Waals surface area contributed by atoms with Crippen LogP contribution in [0.25, 0.3) is 0 Å². The molecule has 1 aliphatic carbocycles. The van der Waals surface area contributed by atoms with Gasteiger partial charge in [-0.25, -0.2) is 0 Å². The van der Waals surface area contributed by atoms with E-state index in [-0.39, 0.29) is 0 Å². The maximum Gasteiger partial charge on any atom is 0.0642 e. The fourth-order valence-corrected chi connectivity index (χ4v) is 2.76. The van der Waals surface area contributed by atoms with Gasteiger partial charge in [-0.2, -0.15) is 0 Å². The topological polar surface area (TPSA) is 15.3 Å². The van der Waals surface area contributed by atoms with Gasteiger partial charge in [0.1, 0.15) is 0 Å². The Kier molecular flexibility index (Phi) is 3.95. The van der Waals surface area contributed by atoms with Crippen LogP contribution in [0.15, 0.2) is 18.2 Å². The molecule has 0 aromatic heterocycles. The van der Waals surface area contributed by atoms with Crippen molar-refractivity contribution in [1.29, 1.82) is 0 Å². The van der Waals surface area contributed by atoms with Gasteiger partial charge in [0.05, 0.1) is 10.7 Å². The molecular weight excluding hydrogens is 232 g/mol. The predicted molar refractivity (Wildman–Crippen MR) is 74.8 cm³/mol. The summed E-state index contributed by atoms with van der Waals surface area (Å²) < 4.78 is 0. The first-order valence-electron chi connectivity index (χ1n) is 6.26. The standard InChI is InChI=1S/C14H21ClN2/c1-10-7-12(10)9-17(3)14-11(8-16-2)5-4-6-13(14)15/h4-6,10,12,16H,7-9H2,1-3H3. The lowest BCUT2D eigenvalue weighted by Crippen LogP contribution is -2.23. The van der Waals surface area contributed by atoms with E-state index in [1.54, 1.807) is 0 Å². The molecule has 1 saturated carbocycles. The molecule has 0 saturated heterocycles. The lowest BCUT2D eigenvalue weighted by molar-refractivity contribution is 0.719. The highest BCUT2D eigenvalue weighted by molar-refractivity contribution is 6.33. The minimum atomic E-state index is 0.846. The summed E-state index contributed by atoms with van der Waals surface area (Å²) in [5.41, 5.74) is 2.46. The van der Waals surface area contributed by atoms with Crippen molar-refractivity contribution in [3.63, 3.8) is 0 Å². The number of rotatable bonds is 5. The Balaban J connectivity index is 2.16. The monoisotopic (exact) mass is 252 g/mol. The second kappa shape index (κ2) is 5.28. The van der Waals surface area contributed by atoms with E-state index in [0.29, 0.717) is 0 Å². The first-order valence-corrected chi connectivity index (χ1v) is 6.64.